The van der Waals surface area contributed by atoms with Gasteiger partial charge in [0.2, 0.25) is 15.9 Å². The van der Waals surface area contributed by atoms with Crippen LogP contribution < -0.4 is 5.32 Å². The van der Waals surface area contributed by atoms with Crippen molar-refractivity contribution in [3.05, 3.63) is 63.7 Å². The monoisotopic (exact) mass is 408 g/mol. The van der Waals surface area contributed by atoms with Crippen molar-refractivity contribution in [2.75, 3.05) is 13.1 Å². The molecule has 0 aliphatic heterocycles. The molecule has 0 aliphatic rings. The molecule has 0 atom stereocenters. The van der Waals surface area contributed by atoms with Gasteiger partial charge < -0.3 is 5.32 Å². The van der Waals surface area contributed by atoms with E-state index in [0.717, 1.165) is 11.1 Å². The lowest BCUT2D eigenvalue weighted by molar-refractivity contribution is -0.121. The van der Waals surface area contributed by atoms with Crippen molar-refractivity contribution in [3.63, 3.8) is 0 Å². The van der Waals surface area contributed by atoms with Gasteiger partial charge in [0.25, 0.3) is 0 Å². The highest BCUT2D eigenvalue weighted by Crippen LogP contribution is 2.26. The maximum Gasteiger partial charge on any atom is 0.244 e. The molecule has 2 rings (SSSR count). The minimum atomic E-state index is -3.86. The summed E-state index contributed by atoms with van der Waals surface area (Å²) in [5.41, 5.74) is 3.10. The summed E-state index contributed by atoms with van der Waals surface area (Å²) in [5.74, 6) is -0.336. The van der Waals surface area contributed by atoms with E-state index >= 15 is 0 Å². The van der Waals surface area contributed by atoms with Gasteiger partial charge in [0.05, 0.1) is 11.4 Å². The zero-order valence-corrected chi connectivity index (χ0v) is 17.6. The minimum absolute atomic E-state index is 0.0867. The Balaban J connectivity index is 2.47. The number of carbonyl (C=O) groups is 1. The lowest BCUT2D eigenvalue weighted by atomic mass is 10.1. The van der Waals surface area contributed by atoms with Crippen LogP contribution in [-0.4, -0.2) is 31.7 Å². The average Bonchev–Trinajstić information content (AvgIpc) is 2.55. The lowest BCUT2D eigenvalue weighted by Crippen LogP contribution is -2.40. The number of likely N-dealkylation sites (N-methyl/N-ethyl adjacent to an activating group) is 1. The van der Waals surface area contributed by atoms with E-state index in [1.54, 1.807) is 45.0 Å². The summed E-state index contributed by atoms with van der Waals surface area (Å²) in [6, 6.07) is 10.6. The van der Waals surface area contributed by atoms with Gasteiger partial charge in [-0.1, -0.05) is 41.4 Å². The Morgan fingerprint density at radius 2 is 1.63 bits per heavy atom. The van der Waals surface area contributed by atoms with Gasteiger partial charge in [-0.15, -0.1) is 0 Å². The van der Waals surface area contributed by atoms with Crippen molar-refractivity contribution in [1.29, 1.82) is 0 Å². The second-order valence-corrected chi connectivity index (χ2v) is 8.89. The molecule has 0 heterocycles. The molecule has 2 aromatic carbocycles. The van der Waals surface area contributed by atoms with Crippen LogP contribution in [0.2, 0.25) is 5.02 Å². The van der Waals surface area contributed by atoms with Crippen molar-refractivity contribution in [1.82, 2.24) is 9.62 Å². The summed E-state index contributed by atoms with van der Waals surface area (Å²) in [5, 5.41) is 3.24. The third kappa shape index (κ3) is 5.31. The fourth-order valence-corrected chi connectivity index (χ4v) is 5.06. The van der Waals surface area contributed by atoms with Gasteiger partial charge in [0.1, 0.15) is 0 Å². The summed E-state index contributed by atoms with van der Waals surface area (Å²) in [7, 11) is -3.86. The zero-order chi connectivity index (χ0) is 20.2. The molecular weight excluding hydrogens is 384 g/mol. The van der Waals surface area contributed by atoms with Crippen LogP contribution >= 0.6 is 11.6 Å². The smallest absolute Gasteiger partial charge is 0.244 e. The summed E-state index contributed by atoms with van der Waals surface area (Å²) >= 11 is 5.92. The van der Waals surface area contributed by atoms with Gasteiger partial charge in [-0.25, -0.2) is 8.42 Å². The Morgan fingerprint density at radius 3 is 2.15 bits per heavy atom. The highest BCUT2D eigenvalue weighted by Gasteiger charge is 2.29. The highest BCUT2D eigenvalue weighted by molar-refractivity contribution is 7.89. The molecule has 0 bridgehead atoms. The maximum atomic E-state index is 13.4. The van der Waals surface area contributed by atoms with Crippen molar-refractivity contribution in [3.8, 4) is 0 Å². The van der Waals surface area contributed by atoms with Crippen LogP contribution in [0.1, 0.15) is 29.2 Å². The Morgan fingerprint density at radius 1 is 1.07 bits per heavy atom. The largest absolute Gasteiger partial charge is 0.355 e. The number of carbonyl (C=O) groups excluding carboxylic acids is 1. The molecule has 146 valence electrons. The molecule has 0 radical (unpaired) electrons. The minimum Gasteiger partial charge on any atom is -0.355 e. The zero-order valence-electron chi connectivity index (χ0n) is 16.0. The predicted octanol–water partition coefficient (Wildman–Crippen LogP) is 3.59. The number of rotatable bonds is 7. The molecule has 1 N–H and O–H groups in total. The van der Waals surface area contributed by atoms with Gasteiger partial charge in [-0.3, -0.25) is 4.79 Å². The van der Waals surface area contributed by atoms with Gasteiger partial charge in [0, 0.05) is 18.1 Å². The fourth-order valence-electron chi connectivity index (χ4n) is 3.14. The molecule has 2 aromatic rings. The topological polar surface area (TPSA) is 66.5 Å². The summed E-state index contributed by atoms with van der Waals surface area (Å²) in [6.45, 7) is 7.56. The third-order valence-electron chi connectivity index (χ3n) is 4.17. The first-order valence-electron chi connectivity index (χ1n) is 8.74. The van der Waals surface area contributed by atoms with E-state index in [0.29, 0.717) is 22.7 Å². The standard InChI is InChI=1S/C20H25ClN2O3S/c1-5-22-19(24)13-23(12-17-6-8-18(21)9-7-17)27(25,26)20-15(3)10-14(2)11-16(20)4/h6-11H,5,12-13H2,1-4H3,(H,22,24). The van der Waals surface area contributed by atoms with E-state index in [9.17, 15) is 13.2 Å². The van der Waals surface area contributed by atoms with Crippen LogP contribution in [-0.2, 0) is 21.4 Å². The number of halogens is 1. The van der Waals surface area contributed by atoms with E-state index in [1.165, 1.54) is 4.31 Å². The van der Waals surface area contributed by atoms with E-state index in [2.05, 4.69) is 5.32 Å². The van der Waals surface area contributed by atoms with Crippen molar-refractivity contribution in [2.24, 2.45) is 0 Å². The normalized spacial score (nSPS) is 11.6. The first kappa shape index (κ1) is 21.4. The van der Waals surface area contributed by atoms with Crippen LogP contribution in [0, 0.1) is 20.8 Å². The third-order valence-corrected chi connectivity index (χ3v) is 6.52. The van der Waals surface area contributed by atoms with Crippen molar-refractivity contribution < 1.29 is 13.2 Å². The van der Waals surface area contributed by atoms with Crippen LogP contribution in [0.5, 0.6) is 0 Å². The Labute approximate surface area is 166 Å². The number of hydrogen-bond donors (Lipinski definition) is 1. The van der Waals surface area contributed by atoms with E-state index in [4.69, 9.17) is 11.6 Å². The molecule has 0 saturated carbocycles. The summed E-state index contributed by atoms with van der Waals surface area (Å²) in [4.78, 5) is 12.4. The molecule has 0 unspecified atom stereocenters. The van der Waals surface area contributed by atoms with E-state index in [1.807, 2.05) is 19.1 Å². The molecule has 5 nitrogen and oxygen atoms in total. The predicted molar refractivity (Wildman–Crippen MR) is 108 cm³/mol. The Hall–Kier alpha value is -1.89. The Kier molecular flexibility index (Phi) is 7.03. The number of benzene rings is 2. The molecule has 0 spiro atoms. The van der Waals surface area contributed by atoms with E-state index < -0.39 is 10.0 Å². The first-order chi connectivity index (χ1) is 12.6. The van der Waals surface area contributed by atoms with Gasteiger partial charge >= 0.3 is 0 Å². The molecule has 7 heteroatoms. The molecule has 0 fully saturated rings. The van der Waals surface area contributed by atoms with Gasteiger partial charge in [-0.2, -0.15) is 4.31 Å². The molecule has 0 saturated heterocycles. The highest BCUT2D eigenvalue weighted by atomic mass is 35.5. The quantitative estimate of drug-likeness (QED) is 0.761. The van der Waals surface area contributed by atoms with Crippen LogP contribution in [0.4, 0.5) is 0 Å². The van der Waals surface area contributed by atoms with E-state index in [-0.39, 0.29) is 23.9 Å². The number of nitrogens with zero attached hydrogens (tertiary/aromatic N) is 1. The molecule has 0 aliphatic carbocycles. The average molecular weight is 409 g/mol. The number of hydrogen-bond acceptors (Lipinski definition) is 3. The maximum absolute atomic E-state index is 13.4. The van der Waals surface area contributed by atoms with Crippen molar-refractivity contribution in [2.45, 2.75) is 39.1 Å². The molecule has 1 amide bonds. The van der Waals surface area contributed by atoms with Crippen molar-refractivity contribution >= 4 is 27.5 Å². The number of sulfonamides is 1. The fraction of sp³-hybridized carbons (Fsp3) is 0.350. The SMILES string of the molecule is CCNC(=O)CN(Cc1ccc(Cl)cc1)S(=O)(=O)c1c(C)cc(C)cc1C. The molecular formula is C20H25ClN2O3S. The second kappa shape index (κ2) is 8.87. The van der Waals surface area contributed by atoms with Crippen LogP contribution in [0.3, 0.4) is 0 Å². The summed E-state index contributed by atoms with van der Waals surface area (Å²) in [6.07, 6.45) is 0. The number of amides is 1. The molecule has 0 aromatic heterocycles. The van der Waals surface area contributed by atoms with Crippen LogP contribution in [0.25, 0.3) is 0 Å². The first-order valence-corrected chi connectivity index (χ1v) is 10.6. The number of nitrogens with one attached hydrogen (secondary N) is 1. The molecule has 27 heavy (non-hydrogen) atoms. The van der Waals surface area contributed by atoms with Crippen LogP contribution in [0.15, 0.2) is 41.3 Å². The number of aryl methyl sites for hydroxylation is 3. The Bertz CT molecular complexity index is 902. The second-order valence-electron chi connectivity index (χ2n) is 6.58. The van der Waals surface area contributed by atoms with Gasteiger partial charge in [0.15, 0.2) is 0 Å². The van der Waals surface area contributed by atoms with Gasteiger partial charge in [-0.05, 0) is 56.5 Å². The lowest BCUT2D eigenvalue weighted by Gasteiger charge is -2.24. The summed E-state index contributed by atoms with van der Waals surface area (Å²) < 4.78 is 28.0.